The van der Waals surface area contributed by atoms with Gasteiger partial charge in [0.25, 0.3) is 0 Å². The van der Waals surface area contributed by atoms with Gasteiger partial charge in [0, 0.05) is 6.54 Å². The van der Waals surface area contributed by atoms with Crippen LogP contribution in [0.25, 0.3) is 11.0 Å². The minimum atomic E-state index is -3.66. The zero-order chi connectivity index (χ0) is 12.5. The summed E-state index contributed by atoms with van der Waals surface area (Å²) in [4.78, 5) is 0.0874. The summed E-state index contributed by atoms with van der Waals surface area (Å²) in [5.41, 5.74) is 0.908. The molecule has 0 spiro atoms. The number of aromatic nitrogens is 2. The lowest BCUT2D eigenvalue weighted by Gasteiger charge is -2.08. The molecular formula is C9H11N3O3S2. The Balaban J connectivity index is 2.42. The number of hydrogen-bond donors (Lipinski definition) is 2. The lowest BCUT2D eigenvalue weighted by Crippen LogP contribution is -2.30. The highest BCUT2D eigenvalue weighted by atomic mass is 32.2. The fraction of sp³-hybridized carbons (Fsp3) is 0.333. The van der Waals surface area contributed by atoms with Gasteiger partial charge in [-0.05, 0) is 19.1 Å². The van der Waals surface area contributed by atoms with Crippen molar-refractivity contribution >= 4 is 32.8 Å². The van der Waals surface area contributed by atoms with Gasteiger partial charge in [0.15, 0.2) is 0 Å². The molecule has 0 unspecified atom stereocenters. The molecule has 1 aromatic heterocycles. The van der Waals surface area contributed by atoms with Crippen LogP contribution in [-0.2, 0) is 10.0 Å². The summed E-state index contributed by atoms with van der Waals surface area (Å²) in [7, 11) is -3.66. The average Bonchev–Trinajstić information content (AvgIpc) is 2.74. The maximum absolute atomic E-state index is 12.0. The quantitative estimate of drug-likeness (QED) is 0.838. The topological polar surface area (TPSA) is 92.2 Å². The van der Waals surface area contributed by atoms with Gasteiger partial charge in [-0.1, -0.05) is 6.07 Å². The van der Waals surface area contributed by atoms with E-state index in [-0.39, 0.29) is 11.4 Å². The maximum Gasteiger partial charge on any atom is 0.242 e. The second kappa shape index (κ2) is 4.65. The Labute approximate surface area is 103 Å². The number of aliphatic hydroxyl groups excluding tert-OH is 1. The minimum Gasteiger partial charge on any atom is -0.392 e. The Morgan fingerprint density at radius 3 is 2.94 bits per heavy atom. The van der Waals surface area contributed by atoms with Crippen molar-refractivity contribution in [2.75, 3.05) is 6.54 Å². The molecular weight excluding hydrogens is 262 g/mol. The van der Waals surface area contributed by atoms with Gasteiger partial charge in [0.05, 0.1) is 17.8 Å². The number of aliphatic hydroxyl groups is 1. The van der Waals surface area contributed by atoms with Crippen molar-refractivity contribution in [1.29, 1.82) is 0 Å². The van der Waals surface area contributed by atoms with Gasteiger partial charge < -0.3 is 5.11 Å². The molecule has 2 rings (SSSR count). The molecule has 1 heterocycles. The van der Waals surface area contributed by atoms with Crippen molar-refractivity contribution in [1.82, 2.24) is 13.5 Å². The van der Waals surface area contributed by atoms with Crippen LogP contribution < -0.4 is 4.72 Å². The van der Waals surface area contributed by atoms with Crippen LogP contribution in [0, 0.1) is 0 Å². The van der Waals surface area contributed by atoms with E-state index in [1.807, 2.05) is 0 Å². The van der Waals surface area contributed by atoms with Gasteiger partial charge in [0.2, 0.25) is 10.0 Å². The molecule has 0 bridgehead atoms. The highest BCUT2D eigenvalue weighted by Crippen LogP contribution is 2.20. The van der Waals surface area contributed by atoms with Gasteiger partial charge in [-0.2, -0.15) is 8.75 Å². The number of nitrogens with one attached hydrogen (secondary N) is 1. The summed E-state index contributed by atoms with van der Waals surface area (Å²) in [6.45, 7) is 1.48. The first kappa shape index (κ1) is 12.4. The maximum atomic E-state index is 12.0. The molecule has 17 heavy (non-hydrogen) atoms. The van der Waals surface area contributed by atoms with E-state index in [1.54, 1.807) is 12.1 Å². The van der Waals surface area contributed by atoms with Crippen LogP contribution >= 0.6 is 11.7 Å². The molecule has 0 aliphatic rings. The fourth-order valence-corrected chi connectivity index (χ4v) is 3.19. The van der Waals surface area contributed by atoms with E-state index in [4.69, 9.17) is 5.11 Å². The van der Waals surface area contributed by atoms with Crippen LogP contribution in [0.5, 0.6) is 0 Å². The Kier molecular flexibility index (Phi) is 3.38. The van der Waals surface area contributed by atoms with E-state index in [0.717, 1.165) is 11.7 Å². The normalized spacial score (nSPS) is 14.0. The van der Waals surface area contributed by atoms with Crippen LogP contribution in [0.15, 0.2) is 23.1 Å². The van der Waals surface area contributed by atoms with Crippen LogP contribution in [-0.4, -0.2) is 34.9 Å². The standard InChI is InChI=1S/C9H11N3O3S2/c1-6(13)5-10-17(14,15)8-4-2-3-7-9(8)12-16-11-7/h2-4,6,10,13H,5H2,1H3/t6-/m1/s1. The van der Waals surface area contributed by atoms with E-state index < -0.39 is 16.1 Å². The molecule has 0 radical (unpaired) electrons. The first-order chi connectivity index (χ1) is 8.00. The molecule has 92 valence electrons. The number of fused-ring (bicyclic) bond motifs is 1. The number of sulfonamides is 1. The first-order valence-corrected chi connectivity index (χ1v) is 7.11. The van der Waals surface area contributed by atoms with Crippen molar-refractivity contribution in [3.63, 3.8) is 0 Å². The summed E-state index contributed by atoms with van der Waals surface area (Å²) in [6, 6.07) is 4.78. The summed E-state index contributed by atoms with van der Waals surface area (Å²) in [5, 5.41) is 9.08. The number of benzene rings is 1. The highest BCUT2D eigenvalue weighted by molar-refractivity contribution is 7.89. The van der Waals surface area contributed by atoms with Crippen LogP contribution in [0.3, 0.4) is 0 Å². The highest BCUT2D eigenvalue weighted by Gasteiger charge is 2.19. The van der Waals surface area contributed by atoms with Gasteiger partial charge in [-0.3, -0.25) is 0 Å². The van der Waals surface area contributed by atoms with Gasteiger partial charge in [0.1, 0.15) is 15.9 Å². The summed E-state index contributed by atoms with van der Waals surface area (Å²) < 4.78 is 34.2. The number of nitrogens with zero attached hydrogens (tertiary/aromatic N) is 2. The van der Waals surface area contributed by atoms with Crippen molar-refractivity contribution in [3.8, 4) is 0 Å². The van der Waals surface area contributed by atoms with E-state index in [2.05, 4.69) is 13.5 Å². The largest absolute Gasteiger partial charge is 0.392 e. The monoisotopic (exact) mass is 273 g/mol. The van der Waals surface area contributed by atoms with E-state index in [0.29, 0.717) is 11.0 Å². The molecule has 0 aliphatic heterocycles. The Morgan fingerprint density at radius 1 is 1.47 bits per heavy atom. The van der Waals surface area contributed by atoms with Crippen molar-refractivity contribution < 1.29 is 13.5 Å². The third-order valence-electron chi connectivity index (χ3n) is 2.11. The van der Waals surface area contributed by atoms with Crippen LogP contribution in [0.2, 0.25) is 0 Å². The summed E-state index contributed by atoms with van der Waals surface area (Å²) >= 11 is 0.966. The van der Waals surface area contributed by atoms with Crippen molar-refractivity contribution in [2.45, 2.75) is 17.9 Å². The molecule has 0 saturated heterocycles. The first-order valence-electron chi connectivity index (χ1n) is 4.90. The predicted molar refractivity (Wildman–Crippen MR) is 64.3 cm³/mol. The SMILES string of the molecule is C[C@@H](O)CNS(=O)(=O)c1cccc2nsnc12. The molecule has 0 amide bonds. The second-order valence-electron chi connectivity index (χ2n) is 3.59. The van der Waals surface area contributed by atoms with E-state index in [1.165, 1.54) is 13.0 Å². The molecule has 0 fully saturated rings. The zero-order valence-electron chi connectivity index (χ0n) is 8.99. The van der Waals surface area contributed by atoms with Gasteiger partial charge in [-0.15, -0.1) is 0 Å². The molecule has 2 aromatic rings. The Hall–Kier alpha value is -1.09. The molecule has 0 saturated carbocycles. The summed E-state index contributed by atoms with van der Waals surface area (Å²) in [5.74, 6) is 0. The molecule has 6 nitrogen and oxygen atoms in total. The lowest BCUT2D eigenvalue weighted by atomic mass is 10.3. The molecule has 0 aliphatic carbocycles. The number of hydrogen-bond acceptors (Lipinski definition) is 6. The van der Waals surface area contributed by atoms with E-state index >= 15 is 0 Å². The average molecular weight is 273 g/mol. The third-order valence-corrected chi connectivity index (χ3v) is 4.11. The lowest BCUT2D eigenvalue weighted by molar-refractivity contribution is 0.198. The second-order valence-corrected chi connectivity index (χ2v) is 5.85. The molecule has 1 aromatic carbocycles. The molecule has 2 N–H and O–H groups in total. The van der Waals surface area contributed by atoms with Gasteiger partial charge >= 0.3 is 0 Å². The van der Waals surface area contributed by atoms with Gasteiger partial charge in [-0.25, -0.2) is 13.1 Å². The third kappa shape index (κ3) is 2.60. The Morgan fingerprint density at radius 2 is 2.24 bits per heavy atom. The molecule has 1 atom stereocenters. The van der Waals surface area contributed by atoms with E-state index in [9.17, 15) is 8.42 Å². The van der Waals surface area contributed by atoms with Crippen molar-refractivity contribution in [3.05, 3.63) is 18.2 Å². The smallest absolute Gasteiger partial charge is 0.242 e. The van der Waals surface area contributed by atoms with Crippen LogP contribution in [0.1, 0.15) is 6.92 Å². The zero-order valence-corrected chi connectivity index (χ0v) is 10.6. The number of rotatable bonds is 4. The van der Waals surface area contributed by atoms with Crippen LogP contribution in [0.4, 0.5) is 0 Å². The predicted octanol–water partition coefficient (Wildman–Crippen LogP) is 0.350. The minimum absolute atomic E-state index is 0.0315. The fourth-order valence-electron chi connectivity index (χ4n) is 1.31. The van der Waals surface area contributed by atoms with Crippen molar-refractivity contribution in [2.24, 2.45) is 0 Å². The molecule has 8 heteroatoms. The Bertz CT molecular complexity index is 621. The summed E-state index contributed by atoms with van der Waals surface area (Å²) in [6.07, 6.45) is -0.738.